The Kier molecular flexibility index (Phi) is 3.08. The zero-order valence-electron chi connectivity index (χ0n) is 4.31. The number of hydrogen-bond acceptors (Lipinski definition) is 1. The third-order valence-corrected chi connectivity index (χ3v) is 0.383. The Balaban J connectivity index is 2.63. The van der Waals surface area contributed by atoms with Crippen LogP contribution >= 0.6 is 0 Å². The summed E-state index contributed by atoms with van der Waals surface area (Å²) in [5.74, 6) is 0. The van der Waals surface area contributed by atoms with Crippen LogP contribution in [0.25, 0.3) is 0 Å². The van der Waals surface area contributed by atoms with Gasteiger partial charge in [0.2, 0.25) is 0 Å². The second-order valence-corrected chi connectivity index (χ2v) is 1.21. The maximum absolute atomic E-state index is 3.85. The SMILES string of the molecule is [CH2]C[N]N(C)C. The molecule has 2 radical (unpaired) electrons. The molecule has 0 atom stereocenters. The molecule has 0 saturated carbocycles. The smallest absolute Gasteiger partial charge is 0.0307 e. The first-order valence-electron chi connectivity index (χ1n) is 1.91. The minimum Gasteiger partial charge on any atom is -0.233 e. The zero-order valence-corrected chi connectivity index (χ0v) is 4.31. The topological polar surface area (TPSA) is 17.3 Å². The summed E-state index contributed by atoms with van der Waals surface area (Å²) in [5.41, 5.74) is 3.85. The molecule has 0 aromatic heterocycles. The van der Waals surface area contributed by atoms with Crippen LogP contribution < -0.4 is 5.43 Å². The molecule has 0 unspecified atom stereocenters. The van der Waals surface area contributed by atoms with E-state index in [1.807, 2.05) is 14.1 Å². The van der Waals surface area contributed by atoms with Crippen molar-refractivity contribution >= 4 is 0 Å². The second-order valence-electron chi connectivity index (χ2n) is 1.21. The standard InChI is InChI=1S/C4H10N2/c1-4-5-6(2)3/h1,4H2,2-3H3. The second kappa shape index (κ2) is 3.12. The minimum atomic E-state index is 0.632. The van der Waals surface area contributed by atoms with Crippen LogP contribution in [0.15, 0.2) is 0 Å². The molecule has 0 heterocycles. The molecule has 0 aliphatic carbocycles. The fraction of sp³-hybridized carbons (Fsp3) is 0.750. The largest absolute Gasteiger partial charge is 0.233 e. The van der Waals surface area contributed by atoms with Gasteiger partial charge in [0.15, 0.2) is 0 Å². The lowest BCUT2D eigenvalue weighted by Gasteiger charge is -2.03. The normalized spacial score (nSPS) is 10.0. The van der Waals surface area contributed by atoms with Crippen molar-refractivity contribution in [1.29, 1.82) is 0 Å². The van der Waals surface area contributed by atoms with Crippen molar-refractivity contribution in [3.8, 4) is 0 Å². The highest BCUT2D eigenvalue weighted by Gasteiger charge is 1.79. The van der Waals surface area contributed by atoms with Crippen LogP contribution in [0.4, 0.5) is 0 Å². The third-order valence-electron chi connectivity index (χ3n) is 0.383. The van der Waals surface area contributed by atoms with Gasteiger partial charge in [-0.1, -0.05) is 0 Å². The molecule has 0 aliphatic rings. The van der Waals surface area contributed by atoms with Crippen LogP contribution in [0.3, 0.4) is 0 Å². The van der Waals surface area contributed by atoms with Crippen molar-refractivity contribution in [3.63, 3.8) is 0 Å². The van der Waals surface area contributed by atoms with Crippen LogP contribution in [-0.2, 0) is 0 Å². The Hall–Kier alpha value is -0.0800. The van der Waals surface area contributed by atoms with Crippen molar-refractivity contribution in [2.24, 2.45) is 0 Å². The van der Waals surface area contributed by atoms with Gasteiger partial charge in [0.1, 0.15) is 0 Å². The van der Waals surface area contributed by atoms with Crippen LogP contribution in [0.1, 0.15) is 0 Å². The molecule has 0 bridgehead atoms. The summed E-state index contributed by atoms with van der Waals surface area (Å²) in [5, 5.41) is 1.74. The van der Waals surface area contributed by atoms with Gasteiger partial charge in [0.25, 0.3) is 0 Å². The molecule has 0 N–H and O–H groups in total. The summed E-state index contributed by atoms with van der Waals surface area (Å²) < 4.78 is 0. The lowest BCUT2D eigenvalue weighted by atomic mass is 10.8. The highest BCUT2D eigenvalue weighted by Crippen LogP contribution is 1.61. The van der Waals surface area contributed by atoms with Gasteiger partial charge < -0.3 is 0 Å². The summed E-state index contributed by atoms with van der Waals surface area (Å²) in [6, 6.07) is 0. The first-order valence-corrected chi connectivity index (χ1v) is 1.91. The molecule has 0 aromatic carbocycles. The first-order chi connectivity index (χ1) is 2.77. The summed E-state index contributed by atoms with van der Waals surface area (Å²) in [6.07, 6.45) is 0. The van der Waals surface area contributed by atoms with Crippen LogP contribution in [0.5, 0.6) is 0 Å². The fourth-order valence-electron chi connectivity index (χ4n) is 0.200. The Bertz CT molecular complexity index is 26.7. The van der Waals surface area contributed by atoms with Gasteiger partial charge in [-0.15, -0.1) is 0 Å². The van der Waals surface area contributed by atoms with Crippen LogP contribution in [0, 0.1) is 6.92 Å². The Morgan fingerprint density at radius 1 is 1.67 bits per heavy atom. The Labute approximate surface area is 39.1 Å². The summed E-state index contributed by atoms with van der Waals surface area (Å²) in [6.45, 7) is 4.15. The van der Waals surface area contributed by atoms with E-state index in [1.165, 1.54) is 0 Å². The molecule has 0 aromatic rings. The molecule has 0 fully saturated rings. The number of hydrogen-bond donors (Lipinski definition) is 0. The average Bonchev–Trinajstić information content (AvgIpc) is 1.35. The molecular weight excluding hydrogens is 76.1 g/mol. The predicted octanol–water partition coefficient (Wildman–Crippen LogP) is -0.0985. The molecule has 0 saturated heterocycles. The van der Waals surface area contributed by atoms with Gasteiger partial charge >= 0.3 is 0 Å². The summed E-state index contributed by atoms with van der Waals surface area (Å²) >= 11 is 0. The van der Waals surface area contributed by atoms with E-state index in [4.69, 9.17) is 0 Å². The Morgan fingerprint density at radius 2 is 2.17 bits per heavy atom. The highest BCUT2D eigenvalue weighted by molar-refractivity contribution is 4.36. The van der Waals surface area contributed by atoms with Gasteiger partial charge in [0, 0.05) is 20.6 Å². The molecule has 2 nitrogen and oxygen atoms in total. The van der Waals surface area contributed by atoms with Gasteiger partial charge in [0.05, 0.1) is 0 Å². The summed E-state index contributed by atoms with van der Waals surface area (Å²) in [7, 11) is 3.76. The predicted molar refractivity (Wildman–Crippen MR) is 26.0 cm³/mol. The number of nitrogens with zero attached hydrogens (tertiary/aromatic N) is 2. The minimum absolute atomic E-state index is 0.632. The van der Waals surface area contributed by atoms with Gasteiger partial charge in [-0.3, -0.25) is 0 Å². The monoisotopic (exact) mass is 86.1 g/mol. The maximum Gasteiger partial charge on any atom is 0.0307 e. The van der Waals surface area contributed by atoms with E-state index in [0.717, 1.165) is 0 Å². The average molecular weight is 86.1 g/mol. The Morgan fingerprint density at radius 3 is 2.17 bits per heavy atom. The molecule has 36 valence electrons. The fourth-order valence-corrected chi connectivity index (χ4v) is 0.200. The van der Waals surface area contributed by atoms with Crippen molar-refractivity contribution in [3.05, 3.63) is 6.92 Å². The highest BCUT2D eigenvalue weighted by atomic mass is 15.5. The lowest BCUT2D eigenvalue weighted by molar-refractivity contribution is 0.295. The molecule has 6 heavy (non-hydrogen) atoms. The number of rotatable bonds is 2. The van der Waals surface area contributed by atoms with Gasteiger partial charge in [-0.05, 0) is 6.92 Å². The lowest BCUT2D eigenvalue weighted by Crippen LogP contribution is -2.22. The van der Waals surface area contributed by atoms with Gasteiger partial charge in [-0.25, -0.2) is 5.01 Å². The molecule has 0 rings (SSSR count). The molecule has 0 aliphatic heterocycles. The zero-order chi connectivity index (χ0) is 4.99. The van der Waals surface area contributed by atoms with Crippen molar-refractivity contribution in [2.45, 2.75) is 0 Å². The first kappa shape index (κ1) is 5.92. The van der Waals surface area contributed by atoms with Crippen LogP contribution in [-0.4, -0.2) is 25.6 Å². The van der Waals surface area contributed by atoms with E-state index in [1.54, 1.807) is 5.01 Å². The van der Waals surface area contributed by atoms with E-state index >= 15 is 0 Å². The maximum atomic E-state index is 3.85. The van der Waals surface area contributed by atoms with E-state index in [-0.39, 0.29) is 0 Å². The third kappa shape index (κ3) is 3.92. The van der Waals surface area contributed by atoms with E-state index in [2.05, 4.69) is 12.3 Å². The van der Waals surface area contributed by atoms with Crippen molar-refractivity contribution < 1.29 is 0 Å². The van der Waals surface area contributed by atoms with Crippen molar-refractivity contribution in [1.82, 2.24) is 10.4 Å². The molecule has 2 heteroatoms. The van der Waals surface area contributed by atoms with E-state index in [9.17, 15) is 0 Å². The summed E-state index contributed by atoms with van der Waals surface area (Å²) in [4.78, 5) is 0. The van der Waals surface area contributed by atoms with E-state index < -0.39 is 0 Å². The molecule has 0 amide bonds. The van der Waals surface area contributed by atoms with Crippen LogP contribution in [0.2, 0.25) is 0 Å². The molecular formula is C4H10N2. The van der Waals surface area contributed by atoms with E-state index in [0.29, 0.717) is 6.54 Å². The van der Waals surface area contributed by atoms with Crippen molar-refractivity contribution in [2.75, 3.05) is 20.6 Å². The quantitative estimate of drug-likeness (QED) is 0.429. The molecule has 0 spiro atoms. The van der Waals surface area contributed by atoms with Gasteiger partial charge in [-0.2, -0.15) is 5.43 Å².